The number of imidazole rings is 1. The van der Waals surface area contributed by atoms with Crippen molar-refractivity contribution in [1.82, 2.24) is 9.55 Å². The largest absolute Gasteiger partial charge is 3.00 e. The summed E-state index contributed by atoms with van der Waals surface area (Å²) in [4.78, 5) is 4.22. The fraction of sp³-hybridized carbons (Fsp3) is 0.362. The smallest absolute Gasteiger partial charge is 0.314 e. The van der Waals surface area contributed by atoms with Gasteiger partial charge in [0, 0.05) is 6.20 Å². The number of aromatic nitrogens is 3. The van der Waals surface area contributed by atoms with E-state index in [0.717, 1.165) is 11.3 Å². The maximum Gasteiger partial charge on any atom is 3.00 e. The van der Waals surface area contributed by atoms with Gasteiger partial charge in [0.05, 0.1) is 16.7 Å². The monoisotopic (exact) mass is 850 g/mol. The zero-order valence-corrected chi connectivity index (χ0v) is 34.3. The van der Waals surface area contributed by atoms with Gasteiger partial charge >= 0.3 is 20.1 Å². The Balaban J connectivity index is 0.000000291. The molecule has 0 radical (unpaired) electrons. The van der Waals surface area contributed by atoms with Crippen LogP contribution < -0.4 is 4.57 Å². The molecule has 0 saturated heterocycles. The van der Waals surface area contributed by atoms with Gasteiger partial charge in [-0.3, -0.25) is 4.57 Å². The minimum atomic E-state index is -0.135. The fourth-order valence-corrected chi connectivity index (χ4v) is 8.12. The summed E-state index contributed by atoms with van der Waals surface area (Å²) in [5.74, 6) is 0.940. The summed E-state index contributed by atoms with van der Waals surface area (Å²) in [6.07, 6.45) is 8.03. The topological polar surface area (TPSA) is 21.7 Å². The molecule has 4 heteroatoms. The first-order chi connectivity index (χ1) is 23.7. The zero-order valence-electron chi connectivity index (χ0n) is 31.9. The number of pyridine rings is 1. The van der Waals surface area contributed by atoms with Crippen LogP contribution in [0.25, 0.3) is 33.7 Å². The predicted molar refractivity (Wildman–Crippen MR) is 207 cm³/mol. The minimum absolute atomic E-state index is 0. The number of benzene rings is 4. The second kappa shape index (κ2) is 13.6. The van der Waals surface area contributed by atoms with Gasteiger partial charge in [-0.15, -0.1) is 52.6 Å². The molecule has 0 amide bonds. The second-order valence-corrected chi connectivity index (χ2v) is 16.8. The van der Waals surface area contributed by atoms with Crippen molar-refractivity contribution >= 4 is 11.0 Å². The van der Waals surface area contributed by atoms with E-state index in [1.807, 2.05) is 42.5 Å². The SMILES string of the molecule is CC(C)c1cc(C(C)C)cc(-n2[c-][n+]3c4c(cccc42)C(C)(C)c2c-3[c-]cc3c2C(C)(C)CCC3(C)C)c1.[Ir+3].[c-]1ccccc1-c1ccccn1. The van der Waals surface area contributed by atoms with E-state index in [1.54, 1.807) is 6.20 Å². The maximum absolute atomic E-state index is 4.22. The first-order valence-corrected chi connectivity index (χ1v) is 18.3. The number of fused-ring (bicyclic) bond motifs is 4. The summed E-state index contributed by atoms with van der Waals surface area (Å²) in [5, 5.41) is 0. The molecule has 1 aliphatic carbocycles. The first kappa shape index (κ1) is 36.9. The molecule has 3 heterocycles. The molecule has 2 aliphatic rings. The van der Waals surface area contributed by atoms with Gasteiger partial charge in [0.15, 0.2) is 0 Å². The van der Waals surface area contributed by atoms with E-state index in [4.69, 9.17) is 0 Å². The summed E-state index contributed by atoms with van der Waals surface area (Å²) >= 11 is 0. The molecule has 2 aromatic heterocycles. The number of hydrogen-bond acceptors (Lipinski definition) is 1. The molecule has 0 saturated carbocycles. The van der Waals surface area contributed by atoms with Gasteiger partial charge in [-0.2, -0.15) is 12.1 Å². The standard InChI is InChI=1S/C36H43N2.C11H8N.Ir/c1-22(2)24-18-25(23(3)4)20-26(19-24)37-21-38-29-15-14-27-31(35(7,8)17-16-34(27,5)6)32(29)36(9,10)28-12-11-13-30(37)33(28)38;1-2-6-10(7-3-1)11-8-4-5-9-12-11;/h11-14,18-20,22-23H,16-17H2,1-10H3;1-6,8-9H;/q2*-1;+3. The maximum atomic E-state index is 4.22. The number of para-hydroxylation sites is 1. The van der Waals surface area contributed by atoms with Gasteiger partial charge < -0.3 is 9.55 Å². The van der Waals surface area contributed by atoms with Crippen LogP contribution in [0.1, 0.15) is 127 Å². The van der Waals surface area contributed by atoms with Crippen molar-refractivity contribution in [3.8, 4) is 22.6 Å². The Bertz CT molecular complexity index is 2120. The van der Waals surface area contributed by atoms with Gasteiger partial charge in [-0.1, -0.05) is 117 Å². The summed E-state index contributed by atoms with van der Waals surface area (Å²) in [6.45, 7) is 23.7. The van der Waals surface area contributed by atoms with Crippen molar-refractivity contribution in [2.24, 2.45) is 0 Å². The molecule has 6 aromatic rings. The van der Waals surface area contributed by atoms with Crippen molar-refractivity contribution in [1.29, 1.82) is 0 Å². The average molecular weight is 850 g/mol. The van der Waals surface area contributed by atoms with E-state index in [2.05, 4.69) is 144 Å². The van der Waals surface area contributed by atoms with Gasteiger partial charge in [-0.25, -0.2) is 0 Å². The third-order valence-electron chi connectivity index (χ3n) is 11.3. The van der Waals surface area contributed by atoms with E-state index >= 15 is 0 Å². The molecular formula is C47H51IrN3+. The van der Waals surface area contributed by atoms with Crippen molar-refractivity contribution in [2.45, 2.75) is 110 Å². The van der Waals surface area contributed by atoms with Gasteiger partial charge in [0.25, 0.3) is 6.33 Å². The first-order valence-electron chi connectivity index (χ1n) is 18.3. The molecule has 51 heavy (non-hydrogen) atoms. The van der Waals surface area contributed by atoms with E-state index in [-0.39, 0.29) is 36.4 Å². The Morgan fingerprint density at radius 2 is 1.41 bits per heavy atom. The Labute approximate surface area is 319 Å². The molecule has 0 atom stereocenters. The summed E-state index contributed by atoms with van der Waals surface area (Å²) in [5.41, 5.74) is 15.6. The van der Waals surface area contributed by atoms with E-state index in [0.29, 0.717) is 11.8 Å². The van der Waals surface area contributed by atoms with Crippen LogP contribution in [0.5, 0.6) is 0 Å². The molecule has 0 fully saturated rings. The molecule has 0 bridgehead atoms. The van der Waals surface area contributed by atoms with Crippen LogP contribution >= 0.6 is 0 Å². The molecule has 1 aliphatic heterocycles. The van der Waals surface area contributed by atoms with Crippen LogP contribution in [0.15, 0.2) is 91.1 Å². The Hall–Kier alpha value is -3.85. The Kier molecular flexibility index (Phi) is 9.85. The van der Waals surface area contributed by atoms with Crippen molar-refractivity contribution in [3.63, 3.8) is 0 Å². The van der Waals surface area contributed by atoms with Crippen LogP contribution in [0, 0.1) is 18.5 Å². The van der Waals surface area contributed by atoms with E-state index in [9.17, 15) is 0 Å². The molecule has 0 spiro atoms. The number of nitrogens with zero attached hydrogens (tertiary/aromatic N) is 3. The Morgan fingerprint density at radius 3 is 2.04 bits per heavy atom. The Morgan fingerprint density at radius 1 is 0.725 bits per heavy atom. The van der Waals surface area contributed by atoms with Crippen molar-refractivity contribution in [3.05, 3.63) is 143 Å². The number of hydrogen-bond donors (Lipinski definition) is 0. The molecule has 3 nitrogen and oxygen atoms in total. The van der Waals surface area contributed by atoms with Crippen molar-refractivity contribution in [2.75, 3.05) is 0 Å². The minimum Gasteiger partial charge on any atom is -0.314 e. The van der Waals surface area contributed by atoms with Crippen molar-refractivity contribution < 1.29 is 24.7 Å². The van der Waals surface area contributed by atoms with Gasteiger partial charge in [-0.05, 0) is 75.4 Å². The molecule has 262 valence electrons. The molecule has 8 rings (SSSR count). The summed E-state index contributed by atoms with van der Waals surface area (Å²) in [7, 11) is 0. The second-order valence-electron chi connectivity index (χ2n) is 16.8. The van der Waals surface area contributed by atoms with Gasteiger partial charge in [0.2, 0.25) is 0 Å². The third-order valence-corrected chi connectivity index (χ3v) is 11.3. The molecule has 0 N–H and O–H groups in total. The van der Waals surface area contributed by atoms with E-state index in [1.165, 1.54) is 68.6 Å². The molecule has 4 aromatic carbocycles. The zero-order chi connectivity index (χ0) is 35.6. The normalized spacial score (nSPS) is 16.2. The van der Waals surface area contributed by atoms with Crippen LogP contribution in [0.4, 0.5) is 0 Å². The quantitative estimate of drug-likeness (QED) is 0.128. The molecular weight excluding hydrogens is 799 g/mol. The molecule has 0 unspecified atom stereocenters. The van der Waals surface area contributed by atoms with Crippen LogP contribution in [0.2, 0.25) is 0 Å². The van der Waals surface area contributed by atoms with Crippen LogP contribution in [-0.2, 0) is 36.4 Å². The average Bonchev–Trinajstić information content (AvgIpc) is 3.50. The number of rotatable bonds is 4. The van der Waals surface area contributed by atoms with E-state index < -0.39 is 0 Å². The third kappa shape index (κ3) is 6.44. The predicted octanol–water partition coefficient (Wildman–Crippen LogP) is 11.3. The van der Waals surface area contributed by atoms with Gasteiger partial charge in [0.1, 0.15) is 0 Å². The summed E-state index contributed by atoms with van der Waals surface area (Å²) in [6, 6.07) is 36.9. The fourth-order valence-electron chi connectivity index (χ4n) is 8.12. The van der Waals surface area contributed by atoms with Crippen LogP contribution in [-0.4, -0.2) is 9.55 Å². The van der Waals surface area contributed by atoms with Crippen LogP contribution in [0.3, 0.4) is 0 Å². The summed E-state index contributed by atoms with van der Waals surface area (Å²) < 4.78 is 4.62.